The molecular formula is C16H19F2NS. The molecule has 0 fully saturated rings. The molecule has 0 bridgehead atoms. The lowest BCUT2D eigenvalue weighted by Gasteiger charge is -2.17. The van der Waals surface area contributed by atoms with Crippen LogP contribution in [0.2, 0.25) is 0 Å². The van der Waals surface area contributed by atoms with Crippen LogP contribution in [-0.2, 0) is 12.8 Å². The monoisotopic (exact) mass is 295 g/mol. The summed E-state index contributed by atoms with van der Waals surface area (Å²) in [6.45, 7) is 2.93. The number of halogens is 2. The highest BCUT2D eigenvalue weighted by molar-refractivity contribution is 7.09. The summed E-state index contributed by atoms with van der Waals surface area (Å²) < 4.78 is 26.2. The lowest BCUT2D eigenvalue weighted by molar-refractivity contribution is 0.484. The first-order valence-electron chi connectivity index (χ1n) is 6.88. The standard InChI is InChI=1S/C16H19F2NS/c1-2-19-13(6-7-14-4-3-9-20-14)10-12-5-8-15(17)16(18)11-12/h3-5,8-9,11,13,19H,2,6-7,10H2,1H3. The Kier molecular flexibility index (Phi) is 5.68. The van der Waals surface area contributed by atoms with Crippen LogP contribution in [0.25, 0.3) is 0 Å². The van der Waals surface area contributed by atoms with Crippen molar-refractivity contribution in [1.82, 2.24) is 5.32 Å². The summed E-state index contributed by atoms with van der Waals surface area (Å²) in [5.41, 5.74) is 0.834. The predicted molar refractivity (Wildman–Crippen MR) is 80.2 cm³/mol. The molecule has 0 saturated carbocycles. The first-order chi connectivity index (χ1) is 9.69. The second-order valence-corrected chi connectivity index (χ2v) is 5.86. The minimum Gasteiger partial charge on any atom is -0.314 e. The molecular weight excluding hydrogens is 276 g/mol. The summed E-state index contributed by atoms with van der Waals surface area (Å²) in [4.78, 5) is 1.36. The maximum absolute atomic E-state index is 13.2. The Bertz CT molecular complexity index is 525. The van der Waals surface area contributed by atoms with E-state index in [-0.39, 0.29) is 6.04 Å². The molecule has 4 heteroatoms. The fraction of sp³-hybridized carbons (Fsp3) is 0.375. The smallest absolute Gasteiger partial charge is 0.159 e. The first kappa shape index (κ1) is 15.1. The van der Waals surface area contributed by atoms with E-state index in [0.29, 0.717) is 0 Å². The highest BCUT2D eigenvalue weighted by Gasteiger charge is 2.11. The van der Waals surface area contributed by atoms with Gasteiger partial charge in [-0.15, -0.1) is 11.3 Å². The van der Waals surface area contributed by atoms with Crippen LogP contribution >= 0.6 is 11.3 Å². The van der Waals surface area contributed by atoms with Gasteiger partial charge in [0.25, 0.3) is 0 Å². The maximum Gasteiger partial charge on any atom is 0.159 e. The molecule has 20 heavy (non-hydrogen) atoms. The van der Waals surface area contributed by atoms with E-state index in [1.165, 1.54) is 17.0 Å². The molecule has 1 nitrogen and oxygen atoms in total. The fourth-order valence-corrected chi connectivity index (χ4v) is 3.01. The first-order valence-corrected chi connectivity index (χ1v) is 7.76. The van der Waals surface area contributed by atoms with Crippen molar-refractivity contribution >= 4 is 11.3 Å². The molecule has 1 aromatic heterocycles. The van der Waals surface area contributed by atoms with E-state index in [0.717, 1.165) is 31.4 Å². The van der Waals surface area contributed by atoms with E-state index in [9.17, 15) is 8.78 Å². The van der Waals surface area contributed by atoms with E-state index in [2.05, 4.69) is 29.8 Å². The number of likely N-dealkylation sites (N-methyl/N-ethyl adjacent to an activating group) is 1. The molecule has 1 aromatic carbocycles. The van der Waals surface area contributed by atoms with Crippen LogP contribution in [0.1, 0.15) is 23.8 Å². The van der Waals surface area contributed by atoms with Gasteiger partial charge < -0.3 is 5.32 Å². The van der Waals surface area contributed by atoms with E-state index >= 15 is 0 Å². The molecule has 1 atom stereocenters. The zero-order valence-corrected chi connectivity index (χ0v) is 12.4. The van der Waals surface area contributed by atoms with Gasteiger partial charge in [-0.05, 0) is 54.9 Å². The topological polar surface area (TPSA) is 12.0 Å². The van der Waals surface area contributed by atoms with Crippen molar-refractivity contribution in [2.24, 2.45) is 0 Å². The van der Waals surface area contributed by atoms with Crippen LogP contribution in [0, 0.1) is 11.6 Å². The molecule has 0 radical (unpaired) electrons. The van der Waals surface area contributed by atoms with Crippen molar-refractivity contribution in [3.8, 4) is 0 Å². The molecule has 2 rings (SSSR count). The molecule has 2 aromatic rings. The Balaban J connectivity index is 1.95. The minimum absolute atomic E-state index is 0.284. The van der Waals surface area contributed by atoms with Crippen molar-refractivity contribution in [2.75, 3.05) is 6.54 Å². The van der Waals surface area contributed by atoms with Crippen LogP contribution in [0.5, 0.6) is 0 Å². The third kappa shape index (κ3) is 4.39. The number of thiophene rings is 1. The average molecular weight is 295 g/mol. The molecule has 1 heterocycles. The number of benzene rings is 1. The molecule has 1 N–H and O–H groups in total. The highest BCUT2D eigenvalue weighted by Crippen LogP contribution is 2.15. The fourth-order valence-electron chi connectivity index (χ4n) is 2.29. The predicted octanol–water partition coefficient (Wildman–Crippen LogP) is 4.18. The van der Waals surface area contributed by atoms with Gasteiger partial charge in [0.2, 0.25) is 0 Å². The third-order valence-corrected chi connectivity index (χ3v) is 4.21. The Morgan fingerprint density at radius 1 is 1.20 bits per heavy atom. The number of nitrogens with one attached hydrogen (secondary N) is 1. The molecule has 0 aliphatic carbocycles. The van der Waals surface area contributed by atoms with Gasteiger partial charge in [-0.25, -0.2) is 8.78 Å². The number of aryl methyl sites for hydroxylation is 1. The van der Waals surface area contributed by atoms with Crippen molar-refractivity contribution in [3.05, 3.63) is 57.8 Å². The SMILES string of the molecule is CCNC(CCc1cccs1)Cc1ccc(F)c(F)c1. The highest BCUT2D eigenvalue weighted by atomic mass is 32.1. The van der Waals surface area contributed by atoms with Gasteiger partial charge in [-0.2, -0.15) is 0 Å². The van der Waals surface area contributed by atoms with Gasteiger partial charge in [0, 0.05) is 10.9 Å². The van der Waals surface area contributed by atoms with E-state index in [1.54, 1.807) is 17.4 Å². The number of hydrogen-bond donors (Lipinski definition) is 1. The van der Waals surface area contributed by atoms with E-state index < -0.39 is 11.6 Å². The summed E-state index contributed by atoms with van der Waals surface area (Å²) in [6.07, 6.45) is 2.72. The summed E-state index contributed by atoms with van der Waals surface area (Å²) in [5.74, 6) is -1.55. The second kappa shape index (κ2) is 7.50. The molecule has 0 spiro atoms. The quantitative estimate of drug-likeness (QED) is 0.808. The summed E-state index contributed by atoms with van der Waals surface area (Å²) in [6, 6.07) is 8.63. The van der Waals surface area contributed by atoms with Crippen LogP contribution < -0.4 is 5.32 Å². The Morgan fingerprint density at radius 3 is 2.70 bits per heavy atom. The van der Waals surface area contributed by atoms with Gasteiger partial charge in [0.1, 0.15) is 0 Å². The molecule has 0 saturated heterocycles. The molecule has 0 aliphatic rings. The van der Waals surface area contributed by atoms with Gasteiger partial charge >= 0.3 is 0 Å². The van der Waals surface area contributed by atoms with Gasteiger partial charge in [0.05, 0.1) is 0 Å². The van der Waals surface area contributed by atoms with Gasteiger partial charge in [0.15, 0.2) is 11.6 Å². The minimum atomic E-state index is -0.785. The summed E-state index contributed by atoms with van der Waals surface area (Å²) in [7, 11) is 0. The normalized spacial score (nSPS) is 12.6. The summed E-state index contributed by atoms with van der Waals surface area (Å²) in [5, 5.41) is 5.49. The van der Waals surface area contributed by atoms with E-state index in [1.807, 2.05) is 0 Å². The van der Waals surface area contributed by atoms with Crippen LogP contribution in [0.3, 0.4) is 0 Å². The van der Waals surface area contributed by atoms with Crippen LogP contribution in [-0.4, -0.2) is 12.6 Å². The zero-order chi connectivity index (χ0) is 14.4. The van der Waals surface area contributed by atoms with E-state index in [4.69, 9.17) is 0 Å². The molecule has 0 aliphatic heterocycles. The number of hydrogen-bond acceptors (Lipinski definition) is 2. The van der Waals surface area contributed by atoms with Crippen molar-refractivity contribution in [1.29, 1.82) is 0 Å². The van der Waals surface area contributed by atoms with Crippen molar-refractivity contribution in [3.63, 3.8) is 0 Å². The van der Waals surface area contributed by atoms with Gasteiger partial charge in [-0.1, -0.05) is 19.1 Å². The Hall–Kier alpha value is -1.26. The zero-order valence-electron chi connectivity index (χ0n) is 11.5. The van der Waals surface area contributed by atoms with Crippen LogP contribution in [0.4, 0.5) is 8.78 Å². The molecule has 1 unspecified atom stereocenters. The Labute approximate surface area is 122 Å². The largest absolute Gasteiger partial charge is 0.314 e. The Morgan fingerprint density at radius 2 is 2.05 bits per heavy atom. The molecule has 0 amide bonds. The second-order valence-electron chi connectivity index (χ2n) is 4.83. The average Bonchev–Trinajstić information content (AvgIpc) is 2.94. The third-order valence-electron chi connectivity index (χ3n) is 3.28. The van der Waals surface area contributed by atoms with Crippen molar-refractivity contribution in [2.45, 2.75) is 32.2 Å². The lowest BCUT2D eigenvalue weighted by Crippen LogP contribution is -2.31. The van der Waals surface area contributed by atoms with Gasteiger partial charge in [-0.3, -0.25) is 0 Å². The lowest BCUT2D eigenvalue weighted by atomic mass is 10.0. The maximum atomic E-state index is 13.2. The molecule has 108 valence electrons. The van der Waals surface area contributed by atoms with Crippen LogP contribution in [0.15, 0.2) is 35.7 Å². The number of rotatable bonds is 7. The van der Waals surface area contributed by atoms with Crippen molar-refractivity contribution < 1.29 is 8.78 Å². The summed E-state index contributed by atoms with van der Waals surface area (Å²) >= 11 is 1.76.